The number of aliphatic imine (C=N–C) groups is 1. The highest BCUT2D eigenvalue weighted by Crippen LogP contribution is 2.38. The topological polar surface area (TPSA) is 30.8 Å². The molecule has 27 heavy (non-hydrogen) atoms. The molecule has 1 aliphatic heterocycles. The van der Waals surface area contributed by atoms with Gasteiger partial charge in [0.15, 0.2) is 6.29 Å². The Bertz CT molecular complexity index is 907. The first kappa shape index (κ1) is 18.1. The van der Waals surface area contributed by atoms with Gasteiger partial charge in [0.05, 0.1) is 24.6 Å². The average molecular weight is 422 g/mol. The number of nitrogens with zero attached hydrogens (tertiary/aromatic N) is 1. The first-order chi connectivity index (χ1) is 13.2. The third-order valence-corrected chi connectivity index (χ3v) is 5.09. The predicted octanol–water partition coefficient (Wildman–Crippen LogP) is 5.97. The van der Waals surface area contributed by atoms with E-state index < -0.39 is 6.29 Å². The molecule has 1 fully saturated rings. The molecule has 0 N–H and O–H groups in total. The molecule has 0 saturated carbocycles. The number of benzene rings is 3. The van der Waals surface area contributed by atoms with Crippen LogP contribution >= 0.6 is 15.9 Å². The number of rotatable bonds is 4. The highest BCUT2D eigenvalue weighted by Gasteiger charge is 2.25. The van der Waals surface area contributed by atoms with Crippen molar-refractivity contribution in [1.29, 1.82) is 0 Å². The summed E-state index contributed by atoms with van der Waals surface area (Å²) in [5.41, 5.74) is 5.98. The van der Waals surface area contributed by atoms with Crippen molar-refractivity contribution < 1.29 is 9.47 Å². The SMILES string of the molecule is Cc1cc(Br)c(C2OCCO2)c(N=C(c2ccccc2)c2ccccc2)c1. The van der Waals surface area contributed by atoms with E-state index in [1.165, 1.54) is 0 Å². The second-order valence-electron chi connectivity index (χ2n) is 6.45. The van der Waals surface area contributed by atoms with E-state index in [1.54, 1.807) is 0 Å². The largest absolute Gasteiger partial charge is 0.346 e. The standard InChI is InChI=1S/C23H20BrNO2/c1-16-14-19(24)21(23-26-12-13-27-23)20(15-16)25-22(17-8-4-2-5-9-17)18-10-6-3-7-11-18/h2-11,14-15,23H,12-13H2,1H3. The van der Waals surface area contributed by atoms with Gasteiger partial charge in [-0.2, -0.15) is 0 Å². The Hall–Kier alpha value is -2.27. The molecule has 0 aliphatic carbocycles. The van der Waals surface area contributed by atoms with Gasteiger partial charge in [-0.15, -0.1) is 0 Å². The highest BCUT2D eigenvalue weighted by molar-refractivity contribution is 9.10. The maximum atomic E-state index is 5.77. The van der Waals surface area contributed by atoms with Crippen molar-refractivity contribution >= 4 is 27.3 Å². The maximum absolute atomic E-state index is 5.77. The normalized spacial score (nSPS) is 14.3. The molecule has 0 amide bonds. The Morgan fingerprint density at radius 1 is 0.889 bits per heavy atom. The van der Waals surface area contributed by atoms with Gasteiger partial charge in [-0.05, 0) is 24.6 Å². The van der Waals surface area contributed by atoms with Crippen molar-refractivity contribution in [2.75, 3.05) is 13.2 Å². The molecule has 3 aromatic rings. The van der Waals surface area contributed by atoms with Gasteiger partial charge in [-0.25, -0.2) is 4.99 Å². The lowest BCUT2D eigenvalue weighted by atomic mass is 10.0. The lowest BCUT2D eigenvalue weighted by Crippen LogP contribution is -2.05. The van der Waals surface area contributed by atoms with Gasteiger partial charge in [-0.3, -0.25) is 0 Å². The van der Waals surface area contributed by atoms with E-state index in [0.717, 1.165) is 38.1 Å². The second-order valence-corrected chi connectivity index (χ2v) is 7.30. The van der Waals surface area contributed by atoms with Gasteiger partial charge in [-0.1, -0.05) is 76.6 Å². The van der Waals surface area contributed by atoms with Crippen LogP contribution in [0.2, 0.25) is 0 Å². The Morgan fingerprint density at radius 2 is 1.44 bits per heavy atom. The molecule has 0 aromatic heterocycles. The van der Waals surface area contributed by atoms with Crippen molar-refractivity contribution in [3.05, 3.63) is 99.5 Å². The van der Waals surface area contributed by atoms with E-state index >= 15 is 0 Å². The molecule has 1 heterocycles. The summed E-state index contributed by atoms with van der Waals surface area (Å²) in [6.07, 6.45) is -0.397. The van der Waals surface area contributed by atoms with Gasteiger partial charge >= 0.3 is 0 Å². The summed E-state index contributed by atoms with van der Waals surface area (Å²) in [7, 11) is 0. The van der Waals surface area contributed by atoms with Gasteiger partial charge in [0.1, 0.15) is 0 Å². The van der Waals surface area contributed by atoms with Crippen LogP contribution in [0, 0.1) is 6.92 Å². The monoisotopic (exact) mass is 421 g/mol. The smallest absolute Gasteiger partial charge is 0.187 e. The van der Waals surface area contributed by atoms with Crippen LogP contribution in [0.15, 0.2) is 82.3 Å². The van der Waals surface area contributed by atoms with E-state index in [1.807, 2.05) is 36.4 Å². The summed E-state index contributed by atoms with van der Waals surface area (Å²) in [5, 5.41) is 0. The number of ether oxygens (including phenoxy) is 2. The van der Waals surface area contributed by atoms with Crippen LogP contribution in [0.3, 0.4) is 0 Å². The molecule has 3 nitrogen and oxygen atoms in total. The van der Waals surface area contributed by atoms with E-state index in [9.17, 15) is 0 Å². The molecule has 0 radical (unpaired) electrons. The first-order valence-corrected chi connectivity index (χ1v) is 9.74. The lowest BCUT2D eigenvalue weighted by Gasteiger charge is -2.17. The van der Waals surface area contributed by atoms with Crippen LogP contribution in [0.1, 0.15) is 28.5 Å². The minimum atomic E-state index is -0.397. The molecule has 136 valence electrons. The van der Waals surface area contributed by atoms with Crippen LogP contribution in [0.25, 0.3) is 0 Å². The molecule has 0 unspecified atom stereocenters. The molecular formula is C23H20BrNO2. The first-order valence-electron chi connectivity index (χ1n) is 8.95. The van der Waals surface area contributed by atoms with Crippen LogP contribution in [-0.2, 0) is 9.47 Å². The Balaban J connectivity index is 1.91. The molecule has 4 heteroatoms. The van der Waals surface area contributed by atoms with Gasteiger partial charge < -0.3 is 9.47 Å². The highest BCUT2D eigenvalue weighted by atomic mass is 79.9. The molecule has 0 atom stereocenters. The molecule has 0 bridgehead atoms. The van der Waals surface area contributed by atoms with Crippen molar-refractivity contribution in [1.82, 2.24) is 0 Å². The summed E-state index contributed by atoms with van der Waals surface area (Å²) in [5.74, 6) is 0. The van der Waals surface area contributed by atoms with E-state index in [4.69, 9.17) is 14.5 Å². The minimum absolute atomic E-state index is 0.397. The van der Waals surface area contributed by atoms with Crippen LogP contribution < -0.4 is 0 Å². The van der Waals surface area contributed by atoms with Crippen molar-refractivity contribution in [3.63, 3.8) is 0 Å². The van der Waals surface area contributed by atoms with E-state index in [0.29, 0.717) is 13.2 Å². The molecule has 1 aliphatic rings. The van der Waals surface area contributed by atoms with Crippen molar-refractivity contribution in [3.8, 4) is 0 Å². The number of hydrogen-bond donors (Lipinski definition) is 0. The zero-order valence-electron chi connectivity index (χ0n) is 15.1. The predicted molar refractivity (Wildman–Crippen MR) is 112 cm³/mol. The van der Waals surface area contributed by atoms with Gasteiger partial charge in [0, 0.05) is 21.2 Å². The molecule has 1 saturated heterocycles. The van der Waals surface area contributed by atoms with Gasteiger partial charge in [0.25, 0.3) is 0 Å². The zero-order chi connectivity index (χ0) is 18.6. The van der Waals surface area contributed by atoms with Crippen LogP contribution in [0.5, 0.6) is 0 Å². The average Bonchev–Trinajstić information content (AvgIpc) is 3.21. The zero-order valence-corrected chi connectivity index (χ0v) is 16.6. The Morgan fingerprint density at radius 3 is 2.00 bits per heavy atom. The second kappa shape index (κ2) is 8.17. The van der Waals surface area contributed by atoms with Gasteiger partial charge in [0.2, 0.25) is 0 Å². The summed E-state index contributed by atoms with van der Waals surface area (Å²) in [6, 6.07) is 24.6. The van der Waals surface area contributed by atoms with Crippen LogP contribution in [0.4, 0.5) is 5.69 Å². The number of hydrogen-bond acceptors (Lipinski definition) is 3. The van der Waals surface area contributed by atoms with Crippen LogP contribution in [-0.4, -0.2) is 18.9 Å². The van der Waals surface area contributed by atoms with E-state index in [-0.39, 0.29) is 0 Å². The number of halogens is 1. The fourth-order valence-corrected chi connectivity index (χ4v) is 3.95. The molecule has 3 aromatic carbocycles. The molecule has 4 rings (SSSR count). The quantitative estimate of drug-likeness (QED) is 0.485. The molecule has 0 spiro atoms. The summed E-state index contributed by atoms with van der Waals surface area (Å²) in [4.78, 5) is 5.09. The molecular weight excluding hydrogens is 402 g/mol. The van der Waals surface area contributed by atoms with Crippen molar-refractivity contribution in [2.45, 2.75) is 13.2 Å². The minimum Gasteiger partial charge on any atom is -0.346 e. The Kier molecular flexibility index (Phi) is 5.48. The number of aryl methyl sites for hydroxylation is 1. The summed E-state index contributed by atoms with van der Waals surface area (Å²) in [6.45, 7) is 3.26. The fraction of sp³-hybridized carbons (Fsp3) is 0.174. The fourth-order valence-electron chi connectivity index (χ4n) is 3.19. The summed E-state index contributed by atoms with van der Waals surface area (Å²) < 4.78 is 12.5. The lowest BCUT2D eigenvalue weighted by molar-refractivity contribution is -0.0441. The Labute approximate surface area is 167 Å². The van der Waals surface area contributed by atoms with Crippen molar-refractivity contribution in [2.24, 2.45) is 4.99 Å². The summed E-state index contributed by atoms with van der Waals surface area (Å²) >= 11 is 3.68. The maximum Gasteiger partial charge on any atom is 0.187 e. The third kappa shape index (κ3) is 4.03. The van der Waals surface area contributed by atoms with E-state index in [2.05, 4.69) is 59.3 Å². The third-order valence-electron chi connectivity index (χ3n) is 4.44.